The van der Waals surface area contributed by atoms with Crippen molar-refractivity contribution >= 4 is 11.7 Å². The van der Waals surface area contributed by atoms with Crippen LogP contribution in [0.3, 0.4) is 0 Å². The number of hydrogen-bond donors (Lipinski definition) is 1. The fourth-order valence-corrected chi connectivity index (χ4v) is 5.78. The molecule has 1 amide bonds. The summed E-state index contributed by atoms with van der Waals surface area (Å²) in [5.74, 6) is 0.710. The molecule has 3 aromatic heterocycles. The van der Waals surface area contributed by atoms with E-state index in [-0.39, 0.29) is 23.1 Å². The molecule has 3 aromatic rings. The molecule has 34 heavy (non-hydrogen) atoms. The normalized spacial score (nSPS) is 27.8. The number of ether oxygens (including phenoxy) is 1. The predicted molar refractivity (Wildman–Crippen MR) is 124 cm³/mol. The third-order valence-electron chi connectivity index (χ3n) is 7.27. The second-order valence-corrected chi connectivity index (χ2v) is 10.4. The summed E-state index contributed by atoms with van der Waals surface area (Å²) in [7, 11) is 1.85. The number of piperidine rings is 1. The number of aromatic nitrogens is 6. The van der Waals surface area contributed by atoms with Gasteiger partial charge in [-0.3, -0.25) is 19.4 Å². The molecule has 0 saturated carbocycles. The molecule has 6 rings (SSSR count). The molecular weight excluding hydrogens is 432 g/mol. The highest BCUT2D eigenvalue weighted by molar-refractivity contribution is 6.07. The monoisotopic (exact) mass is 460 g/mol. The zero-order chi connectivity index (χ0) is 23.7. The molecule has 2 saturated heterocycles. The Labute approximate surface area is 197 Å². The molecule has 0 aromatic carbocycles. The number of fused-ring (bicyclic) bond motifs is 3. The minimum Gasteiger partial charge on any atom is -0.473 e. The van der Waals surface area contributed by atoms with Crippen LogP contribution in [-0.2, 0) is 13.6 Å². The molecule has 6 heterocycles. The average Bonchev–Trinajstić information content (AvgIpc) is 3.38. The van der Waals surface area contributed by atoms with Gasteiger partial charge < -0.3 is 10.1 Å². The van der Waals surface area contributed by atoms with E-state index in [0.29, 0.717) is 35.3 Å². The maximum atomic E-state index is 13.1. The van der Waals surface area contributed by atoms with Gasteiger partial charge in [-0.2, -0.15) is 5.10 Å². The minimum atomic E-state index is -0.232. The Morgan fingerprint density at radius 3 is 2.56 bits per heavy atom. The molecule has 3 aliphatic rings. The van der Waals surface area contributed by atoms with E-state index in [4.69, 9.17) is 4.74 Å². The van der Waals surface area contributed by atoms with Crippen molar-refractivity contribution in [2.75, 3.05) is 4.90 Å². The largest absolute Gasteiger partial charge is 0.473 e. The van der Waals surface area contributed by atoms with Gasteiger partial charge in [0.25, 0.3) is 5.91 Å². The van der Waals surface area contributed by atoms with Gasteiger partial charge in [0.05, 0.1) is 29.8 Å². The quantitative estimate of drug-likeness (QED) is 0.632. The molecule has 0 radical (unpaired) electrons. The van der Waals surface area contributed by atoms with E-state index < -0.39 is 0 Å². The van der Waals surface area contributed by atoms with E-state index in [1.165, 1.54) is 0 Å². The standard InChI is InChI=1S/C24H28N8O2/c1-14-16(12-31(4)29-14)17-11-25-18-13-32(22(33)21(18)26-17)19-5-6-20(28-27-19)34-15-9-23(2)7-8-24(3,10-15)30-23/h5-6,11-12,15,30H,7-10,13H2,1-4H3/t15?,23-,24+. The summed E-state index contributed by atoms with van der Waals surface area (Å²) in [6.45, 7) is 6.75. The van der Waals surface area contributed by atoms with Gasteiger partial charge >= 0.3 is 0 Å². The van der Waals surface area contributed by atoms with Crippen molar-refractivity contribution < 1.29 is 9.53 Å². The van der Waals surface area contributed by atoms with Crippen LogP contribution in [0.1, 0.15) is 61.4 Å². The van der Waals surface area contributed by atoms with Crippen molar-refractivity contribution in [3.8, 4) is 17.1 Å². The number of anilines is 1. The summed E-state index contributed by atoms with van der Waals surface area (Å²) >= 11 is 0. The van der Waals surface area contributed by atoms with Crippen LogP contribution in [0.2, 0.25) is 0 Å². The second kappa shape index (κ2) is 7.30. The molecule has 0 spiro atoms. The number of nitrogens with zero attached hydrogens (tertiary/aromatic N) is 7. The first-order valence-electron chi connectivity index (χ1n) is 11.7. The third-order valence-corrected chi connectivity index (χ3v) is 7.27. The Morgan fingerprint density at radius 1 is 1.15 bits per heavy atom. The van der Waals surface area contributed by atoms with Crippen LogP contribution in [0.15, 0.2) is 24.5 Å². The molecular formula is C24H28N8O2. The summed E-state index contributed by atoms with van der Waals surface area (Å²) in [5.41, 5.74) is 3.54. The molecule has 0 aliphatic carbocycles. The lowest BCUT2D eigenvalue weighted by Crippen LogP contribution is -2.56. The van der Waals surface area contributed by atoms with Crippen molar-refractivity contribution in [1.82, 2.24) is 35.3 Å². The Balaban J connectivity index is 1.18. The summed E-state index contributed by atoms with van der Waals surface area (Å²) in [5, 5.41) is 16.7. The Morgan fingerprint density at radius 2 is 1.91 bits per heavy atom. The van der Waals surface area contributed by atoms with Gasteiger partial charge in [-0.1, -0.05) is 0 Å². The van der Waals surface area contributed by atoms with Gasteiger partial charge in [-0.25, -0.2) is 4.98 Å². The summed E-state index contributed by atoms with van der Waals surface area (Å²) in [4.78, 5) is 23.8. The highest BCUT2D eigenvalue weighted by atomic mass is 16.5. The fraction of sp³-hybridized carbons (Fsp3) is 0.500. The Bertz CT molecular complexity index is 1270. The summed E-state index contributed by atoms with van der Waals surface area (Å²) < 4.78 is 7.93. The zero-order valence-electron chi connectivity index (χ0n) is 19.9. The van der Waals surface area contributed by atoms with Crippen LogP contribution < -0.4 is 15.0 Å². The van der Waals surface area contributed by atoms with Crippen LogP contribution in [0.5, 0.6) is 5.88 Å². The summed E-state index contributed by atoms with van der Waals surface area (Å²) in [6, 6.07) is 3.57. The predicted octanol–water partition coefficient (Wildman–Crippen LogP) is 2.58. The maximum absolute atomic E-state index is 13.1. The van der Waals surface area contributed by atoms with E-state index in [0.717, 1.165) is 36.9 Å². The van der Waals surface area contributed by atoms with Crippen molar-refractivity contribution in [3.05, 3.63) is 41.6 Å². The van der Waals surface area contributed by atoms with Crippen LogP contribution >= 0.6 is 0 Å². The SMILES string of the molecule is Cc1nn(C)cc1-c1cnc2c(n1)C(=O)N(c1ccc(OC3C[C@]4(C)CC[C@](C)(C3)N4)nn1)C2. The number of aryl methyl sites for hydroxylation is 2. The third kappa shape index (κ3) is 3.53. The van der Waals surface area contributed by atoms with Gasteiger partial charge in [0.15, 0.2) is 11.5 Å². The van der Waals surface area contributed by atoms with Crippen LogP contribution in [-0.4, -0.2) is 53.0 Å². The lowest BCUT2D eigenvalue weighted by atomic mass is 9.86. The number of carbonyl (C=O) groups is 1. The number of carbonyl (C=O) groups excluding carboxylic acids is 1. The average molecular weight is 461 g/mol. The van der Waals surface area contributed by atoms with Crippen LogP contribution in [0, 0.1) is 6.92 Å². The molecule has 2 bridgehead atoms. The number of hydrogen-bond acceptors (Lipinski definition) is 8. The number of rotatable bonds is 4. The van der Waals surface area contributed by atoms with Crippen molar-refractivity contribution in [2.45, 2.75) is 70.2 Å². The number of nitrogens with one attached hydrogen (secondary N) is 1. The molecule has 3 aliphatic heterocycles. The van der Waals surface area contributed by atoms with Gasteiger partial charge in [0.1, 0.15) is 6.10 Å². The minimum absolute atomic E-state index is 0.0966. The van der Waals surface area contributed by atoms with E-state index >= 15 is 0 Å². The van der Waals surface area contributed by atoms with Crippen LogP contribution in [0.25, 0.3) is 11.3 Å². The maximum Gasteiger partial charge on any atom is 0.280 e. The highest BCUT2D eigenvalue weighted by Gasteiger charge is 2.49. The topological polar surface area (TPSA) is 111 Å². The molecule has 10 heteroatoms. The van der Waals surface area contributed by atoms with Gasteiger partial charge in [0.2, 0.25) is 5.88 Å². The van der Waals surface area contributed by atoms with Crippen molar-refractivity contribution in [1.29, 1.82) is 0 Å². The van der Waals surface area contributed by atoms with E-state index in [1.807, 2.05) is 20.2 Å². The van der Waals surface area contributed by atoms with E-state index in [9.17, 15) is 4.79 Å². The van der Waals surface area contributed by atoms with Crippen LogP contribution in [0.4, 0.5) is 5.82 Å². The fourth-order valence-electron chi connectivity index (χ4n) is 5.78. The van der Waals surface area contributed by atoms with E-state index in [1.54, 1.807) is 27.9 Å². The highest BCUT2D eigenvalue weighted by Crippen LogP contribution is 2.43. The lowest BCUT2D eigenvalue weighted by Gasteiger charge is -2.41. The molecule has 176 valence electrons. The molecule has 10 nitrogen and oxygen atoms in total. The Hall–Kier alpha value is -3.40. The first kappa shape index (κ1) is 21.2. The molecule has 1 unspecified atom stereocenters. The Kier molecular flexibility index (Phi) is 4.54. The lowest BCUT2D eigenvalue weighted by molar-refractivity contribution is 0.0753. The number of amides is 1. The summed E-state index contributed by atoms with van der Waals surface area (Å²) in [6.07, 6.45) is 7.88. The smallest absolute Gasteiger partial charge is 0.280 e. The molecule has 1 N–H and O–H groups in total. The van der Waals surface area contributed by atoms with Crippen molar-refractivity contribution in [2.24, 2.45) is 7.05 Å². The molecule has 2 fully saturated rings. The van der Waals surface area contributed by atoms with Crippen molar-refractivity contribution in [3.63, 3.8) is 0 Å². The van der Waals surface area contributed by atoms with Gasteiger partial charge in [-0.15, -0.1) is 10.2 Å². The van der Waals surface area contributed by atoms with Gasteiger partial charge in [0, 0.05) is 48.8 Å². The molecule has 3 atom stereocenters. The van der Waals surface area contributed by atoms with Gasteiger partial charge in [-0.05, 0) is 39.7 Å². The first-order chi connectivity index (χ1) is 16.2. The van der Waals surface area contributed by atoms with E-state index in [2.05, 4.69) is 44.4 Å². The second-order valence-electron chi connectivity index (χ2n) is 10.4. The first-order valence-corrected chi connectivity index (χ1v) is 11.7. The zero-order valence-corrected chi connectivity index (χ0v) is 19.9.